The van der Waals surface area contributed by atoms with Crippen molar-refractivity contribution in [3.63, 3.8) is 0 Å². The average Bonchev–Trinajstić information content (AvgIpc) is 3.52. The molecular weight excluding hydrogens is 594 g/mol. The van der Waals surface area contributed by atoms with Crippen LogP contribution in [0.5, 0.6) is 0 Å². The number of piperidine rings is 3. The number of likely N-dealkylation sites (tertiary alicyclic amines) is 2. The van der Waals surface area contributed by atoms with E-state index in [0.29, 0.717) is 44.8 Å². The lowest BCUT2D eigenvalue weighted by Gasteiger charge is -2.40. The Labute approximate surface area is 276 Å². The number of hydrogen-bond acceptors (Lipinski definition) is 6. The summed E-state index contributed by atoms with van der Waals surface area (Å²) in [6.45, 7) is 7.34. The van der Waals surface area contributed by atoms with Crippen molar-refractivity contribution >= 4 is 34.7 Å². The smallest absolute Gasteiger partial charge is 0.322 e. The molecule has 47 heavy (non-hydrogen) atoms. The van der Waals surface area contributed by atoms with E-state index in [-0.39, 0.29) is 24.0 Å². The number of fused-ring (bicyclic) bond motifs is 2. The summed E-state index contributed by atoms with van der Waals surface area (Å²) < 4.78 is 0. The second-order valence-electron chi connectivity index (χ2n) is 13.8. The van der Waals surface area contributed by atoms with Crippen LogP contribution in [0.3, 0.4) is 0 Å². The molecule has 5 heterocycles. The van der Waals surface area contributed by atoms with Crippen LogP contribution in [0.1, 0.15) is 55.2 Å². The van der Waals surface area contributed by atoms with Gasteiger partial charge in [0.05, 0.1) is 5.52 Å². The van der Waals surface area contributed by atoms with Gasteiger partial charge in [-0.1, -0.05) is 29.5 Å². The molecule has 250 valence electrons. The molecule has 4 N–H and O–H groups in total. The first-order chi connectivity index (χ1) is 22.9. The summed E-state index contributed by atoms with van der Waals surface area (Å²) in [7, 11) is 0. The quantitative estimate of drug-likeness (QED) is 0.324. The highest BCUT2D eigenvalue weighted by Gasteiger charge is 2.35. The SMILES string of the molecule is Cc1cc(CC(NC(=O)N2CCC(N3CCc4ccccc4NC3=O)CC2)C(=O)N2CCC(C3CCNCC3)CC2)cc2nn[nH]c12. The number of nitrogens with zero attached hydrogens (tertiary/aromatic N) is 5. The van der Waals surface area contributed by atoms with E-state index < -0.39 is 6.04 Å². The number of nitrogens with one attached hydrogen (secondary N) is 4. The Morgan fingerprint density at radius 1 is 0.936 bits per heavy atom. The maximum atomic E-state index is 14.1. The van der Waals surface area contributed by atoms with Crippen LogP contribution in [0.2, 0.25) is 0 Å². The molecule has 12 heteroatoms. The molecule has 1 atom stereocenters. The number of anilines is 1. The van der Waals surface area contributed by atoms with E-state index in [9.17, 15) is 14.4 Å². The predicted octanol–water partition coefficient (Wildman–Crippen LogP) is 3.68. The fourth-order valence-electron chi connectivity index (χ4n) is 8.23. The van der Waals surface area contributed by atoms with E-state index in [4.69, 9.17) is 0 Å². The molecule has 4 aliphatic rings. The zero-order valence-electron chi connectivity index (χ0n) is 27.3. The van der Waals surface area contributed by atoms with E-state index in [1.807, 2.05) is 47.1 Å². The van der Waals surface area contributed by atoms with Gasteiger partial charge in [-0.2, -0.15) is 0 Å². The molecule has 2 aromatic carbocycles. The number of hydrogen-bond donors (Lipinski definition) is 4. The maximum Gasteiger partial charge on any atom is 0.322 e. The third kappa shape index (κ3) is 6.93. The van der Waals surface area contributed by atoms with Gasteiger partial charge in [0.25, 0.3) is 0 Å². The molecule has 5 amide bonds. The van der Waals surface area contributed by atoms with Crippen molar-refractivity contribution in [3.8, 4) is 0 Å². The lowest BCUT2D eigenvalue weighted by molar-refractivity contribution is -0.135. The van der Waals surface area contributed by atoms with E-state index >= 15 is 0 Å². The fourth-order valence-corrected chi connectivity index (χ4v) is 8.23. The Kier molecular flexibility index (Phi) is 9.28. The highest BCUT2D eigenvalue weighted by molar-refractivity contribution is 5.91. The van der Waals surface area contributed by atoms with Gasteiger partial charge in [0.2, 0.25) is 5.91 Å². The molecule has 0 bridgehead atoms. The highest BCUT2D eigenvalue weighted by Crippen LogP contribution is 2.31. The summed E-state index contributed by atoms with van der Waals surface area (Å²) in [6.07, 6.45) is 7.04. The zero-order valence-corrected chi connectivity index (χ0v) is 27.3. The fraction of sp³-hybridized carbons (Fsp3) is 0.571. The molecule has 1 unspecified atom stereocenters. The maximum absolute atomic E-state index is 14.1. The van der Waals surface area contributed by atoms with E-state index in [2.05, 4.69) is 37.4 Å². The van der Waals surface area contributed by atoms with Gasteiger partial charge >= 0.3 is 12.1 Å². The van der Waals surface area contributed by atoms with Crippen LogP contribution in [-0.4, -0.2) is 106 Å². The van der Waals surface area contributed by atoms with E-state index in [1.165, 1.54) is 12.8 Å². The van der Waals surface area contributed by atoms with Crippen LogP contribution in [0.25, 0.3) is 11.0 Å². The zero-order chi connectivity index (χ0) is 32.3. The minimum Gasteiger partial charge on any atom is -0.341 e. The Bertz CT molecular complexity index is 1590. The van der Waals surface area contributed by atoms with Gasteiger partial charge in [-0.3, -0.25) is 9.89 Å². The number of amides is 5. The molecule has 4 aliphatic heterocycles. The number of aromatic nitrogens is 3. The van der Waals surface area contributed by atoms with Crippen molar-refractivity contribution in [2.24, 2.45) is 11.8 Å². The largest absolute Gasteiger partial charge is 0.341 e. The Morgan fingerprint density at radius 2 is 1.66 bits per heavy atom. The summed E-state index contributed by atoms with van der Waals surface area (Å²) in [4.78, 5) is 46.7. The van der Waals surface area contributed by atoms with E-state index in [1.54, 1.807) is 4.90 Å². The number of H-pyrrole nitrogens is 1. The van der Waals surface area contributed by atoms with Gasteiger partial charge in [-0.15, -0.1) is 5.10 Å². The predicted molar refractivity (Wildman–Crippen MR) is 180 cm³/mol. The molecule has 0 saturated carbocycles. The summed E-state index contributed by atoms with van der Waals surface area (Å²) in [6, 6.07) is 11.0. The summed E-state index contributed by atoms with van der Waals surface area (Å²) >= 11 is 0. The van der Waals surface area contributed by atoms with Gasteiger partial charge in [-0.05, 0) is 106 Å². The second kappa shape index (κ2) is 13.9. The lowest BCUT2D eigenvalue weighted by atomic mass is 9.79. The molecule has 3 saturated heterocycles. The molecular formula is C35H47N9O3. The number of carbonyl (C=O) groups is 3. The van der Waals surface area contributed by atoms with Gasteiger partial charge in [0.15, 0.2) is 0 Å². The van der Waals surface area contributed by atoms with Crippen LogP contribution in [0.15, 0.2) is 36.4 Å². The number of aryl methyl sites for hydroxylation is 1. The number of urea groups is 2. The van der Waals surface area contributed by atoms with Crippen LogP contribution in [0, 0.1) is 18.8 Å². The molecule has 1 aromatic heterocycles. The minimum absolute atomic E-state index is 0.0179. The number of para-hydroxylation sites is 1. The van der Waals surface area contributed by atoms with Crippen molar-refractivity contribution in [1.29, 1.82) is 0 Å². The number of carbonyl (C=O) groups excluding carboxylic acids is 3. The van der Waals surface area contributed by atoms with Crippen molar-refractivity contribution in [2.75, 3.05) is 51.1 Å². The lowest BCUT2D eigenvalue weighted by Crippen LogP contribution is -2.57. The highest BCUT2D eigenvalue weighted by atomic mass is 16.2. The average molecular weight is 642 g/mol. The second-order valence-corrected chi connectivity index (χ2v) is 13.8. The standard InChI is InChI=1S/C35H47N9O3/c1-23-20-24(21-30-32(23)40-41-39-30)22-31(33(45)42-15-8-26(9-16-42)25-6-13-36-14-7-25)38-34(46)43-17-11-28(12-18-43)44-19-10-27-4-2-3-5-29(27)37-35(44)47/h2-5,20-21,25-26,28,31,36H,6-19,22H2,1H3,(H,37,47)(H,38,46)(H,39,40,41). The number of aromatic amines is 1. The van der Waals surface area contributed by atoms with Crippen LogP contribution in [-0.2, 0) is 17.6 Å². The van der Waals surface area contributed by atoms with Crippen molar-refractivity contribution in [2.45, 2.75) is 70.4 Å². The Morgan fingerprint density at radius 3 is 2.45 bits per heavy atom. The molecule has 3 aromatic rings. The van der Waals surface area contributed by atoms with Crippen LogP contribution in [0.4, 0.5) is 15.3 Å². The molecule has 0 radical (unpaired) electrons. The molecule has 0 aliphatic carbocycles. The third-order valence-corrected chi connectivity index (χ3v) is 11.0. The summed E-state index contributed by atoms with van der Waals surface area (Å²) in [5.74, 6) is 1.38. The number of benzene rings is 2. The molecule has 7 rings (SSSR count). The normalized spacial score (nSPS) is 20.9. The number of rotatable bonds is 6. The molecule has 0 spiro atoms. The van der Waals surface area contributed by atoms with Gasteiger partial charge in [0, 0.05) is 50.9 Å². The van der Waals surface area contributed by atoms with Gasteiger partial charge in [0.1, 0.15) is 11.6 Å². The first kappa shape index (κ1) is 31.4. The van der Waals surface area contributed by atoms with Crippen molar-refractivity contribution < 1.29 is 14.4 Å². The van der Waals surface area contributed by atoms with Crippen LogP contribution < -0.4 is 16.0 Å². The minimum atomic E-state index is -0.686. The van der Waals surface area contributed by atoms with E-state index in [0.717, 1.165) is 84.8 Å². The molecule has 3 fully saturated rings. The van der Waals surface area contributed by atoms with Gasteiger partial charge in [-0.25, -0.2) is 9.59 Å². The topological polar surface area (TPSA) is 139 Å². The Balaban J connectivity index is 1.00. The Hall–Kier alpha value is -4.19. The third-order valence-electron chi connectivity index (χ3n) is 11.0. The summed E-state index contributed by atoms with van der Waals surface area (Å²) in [5, 5.41) is 20.8. The monoisotopic (exact) mass is 641 g/mol. The summed E-state index contributed by atoms with van der Waals surface area (Å²) in [5.41, 5.74) is 5.60. The van der Waals surface area contributed by atoms with Crippen molar-refractivity contribution in [3.05, 3.63) is 53.1 Å². The first-order valence-corrected chi connectivity index (χ1v) is 17.4. The van der Waals surface area contributed by atoms with Gasteiger partial charge < -0.3 is 30.7 Å². The first-order valence-electron chi connectivity index (χ1n) is 17.4. The van der Waals surface area contributed by atoms with Crippen molar-refractivity contribution in [1.82, 2.24) is 40.7 Å². The molecule has 12 nitrogen and oxygen atoms in total. The van der Waals surface area contributed by atoms with Crippen LogP contribution >= 0.6 is 0 Å².